The molecule has 5 rings (SSSR count). The molecule has 1 aliphatic rings. The molecule has 3 heterocycles. The molecule has 0 radical (unpaired) electrons. The molecule has 0 bridgehead atoms. The van der Waals surface area contributed by atoms with Crippen LogP contribution in [-0.2, 0) is 19.5 Å². The van der Waals surface area contributed by atoms with E-state index >= 15 is 0 Å². The van der Waals surface area contributed by atoms with Crippen molar-refractivity contribution in [3.8, 4) is 5.75 Å². The molecule has 188 valence electrons. The van der Waals surface area contributed by atoms with Crippen LogP contribution in [0.25, 0.3) is 10.8 Å². The maximum absolute atomic E-state index is 12.8. The van der Waals surface area contributed by atoms with E-state index in [1.165, 1.54) is 17.2 Å². The maximum atomic E-state index is 12.8. The molecule has 1 aliphatic heterocycles. The minimum absolute atomic E-state index is 0.232. The molecule has 8 nitrogen and oxygen atoms in total. The van der Waals surface area contributed by atoms with Crippen molar-refractivity contribution in [2.45, 2.75) is 45.8 Å². The van der Waals surface area contributed by atoms with Crippen molar-refractivity contribution in [1.82, 2.24) is 25.0 Å². The summed E-state index contributed by atoms with van der Waals surface area (Å²) in [6, 6.07) is 15.8. The van der Waals surface area contributed by atoms with Gasteiger partial charge in [0.2, 0.25) is 0 Å². The first-order valence-corrected chi connectivity index (χ1v) is 12.6. The second kappa shape index (κ2) is 10.5. The molecule has 0 fully saturated rings. The van der Waals surface area contributed by atoms with Crippen molar-refractivity contribution >= 4 is 16.7 Å². The Morgan fingerprint density at radius 1 is 1.06 bits per heavy atom. The van der Waals surface area contributed by atoms with Gasteiger partial charge in [0, 0.05) is 38.0 Å². The van der Waals surface area contributed by atoms with Gasteiger partial charge in [-0.1, -0.05) is 44.2 Å². The lowest BCUT2D eigenvalue weighted by Gasteiger charge is -2.22. The van der Waals surface area contributed by atoms with Crippen molar-refractivity contribution in [1.29, 1.82) is 0 Å². The third kappa shape index (κ3) is 4.99. The van der Waals surface area contributed by atoms with Crippen LogP contribution in [0.1, 0.15) is 54.1 Å². The van der Waals surface area contributed by atoms with Crippen LogP contribution in [0.2, 0.25) is 0 Å². The Kier molecular flexibility index (Phi) is 7.04. The van der Waals surface area contributed by atoms with E-state index < -0.39 is 0 Å². The molecular weight excluding hydrogens is 454 g/mol. The minimum atomic E-state index is -0.235. The molecule has 1 amide bonds. The average molecular weight is 488 g/mol. The number of hydrogen-bond donors (Lipinski definition) is 1. The Hall–Kier alpha value is -3.65. The molecule has 0 aliphatic carbocycles. The van der Waals surface area contributed by atoms with Gasteiger partial charge >= 0.3 is 0 Å². The standard InChI is InChI=1S/C28H33N5O3/c1-19(2)17-23(29-28(34)25-9-6-16-36-25)27-31-30-26-12-13-32(14-15-33(26)27)18-20-10-11-24(35-3)22-8-5-4-7-21(20)22/h4-11,16,19,23H,12-15,17-18H2,1-3H3,(H,29,34). The normalized spacial score (nSPS) is 15.0. The fraction of sp³-hybridized carbons (Fsp3) is 0.393. The van der Waals surface area contributed by atoms with E-state index in [2.05, 4.69) is 69.2 Å². The number of fused-ring (bicyclic) bond motifs is 2. The third-order valence-electron chi connectivity index (χ3n) is 6.80. The fourth-order valence-corrected chi connectivity index (χ4v) is 5.03. The molecular formula is C28H33N5O3. The molecule has 1 atom stereocenters. The van der Waals surface area contributed by atoms with Gasteiger partial charge in [0.25, 0.3) is 5.91 Å². The molecule has 1 unspecified atom stereocenters. The van der Waals surface area contributed by atoms with Gasteiger partial charge in [0.15, 0.2) is 11.6 Å². The smallest absolute Gasteiger partial charge is 0.287 e. The van der Waals surface area contributed by atoms with Crippen molar-refractivity contribution in [3.05, 3.63) is 77.8 Å². The number of furan rings is 1. The largest absolute Gasteiger partial charge is 0.496 e. The van der Waals surface area contributed by atoms with Crippen molar-refractivity contribution < 1.29 is 13.9 Å². The summed E-state index contributed by atoms with van der Waals surface area (Å²) in [4.78, 5) is 15.2. The highest BCUT2D eigenvalue weighted by Gasteiger charge is 2.27. The Labute approximate surface area is 211 Å². The molecule has 1 N–H and O–H groups in total. The zero-order valence-corrected chi connectivity index (χ0v) is 21.1. The SMILES string of the molecule is COc1ccc(CN2CCc3nnc(C(CC(C)C)NC(=O)c4ccco4)n3CC2)c2ccccc12. The van der Waals surface area contributed by atoms with E-state index in [0.717, 1.165) is 61.8 Å². The molecule has 0 spiro atoms. The molecule has 8 heteroatoms. The predicted molar refractivity (Wildman–Crippen MR) is 138 cm³/mol. The topological polar surface area (TPSA) is 85.4 Å². The zero-order chi connectivity index (χ0) is 25.1. The second-order valence-electron chi connectivity index (χ2n) is 9.76. The quantitative estimate of drug-likeness (QED) is 0.391. The summed E-state index contributed by atoms with van der Waals surface area (Å²) in [5, 5.41) is 14.5. The molecule has 4 aromatic rings. The number of hydrogen-bond acceptors (Lipinski definition) is 6. The van der Waals surface area contributed by atoms with E-state index in [-0.39, 0.29) is 11.9 Å². The van der Waals surface area contributed by atoms with E-state index in [0.29, 0.717) is 11.7 Å². The van der Waals surface area contributed by atoms with E-state index in [1.807, 2.05) is 6.07 Å². The van der Waals surface area contributed by atoms with Crippen LogP contribution in [0.4, 0.5) is 0 Å². The number of rotatable bonds is 8. The molecule has 36 heavy (non-hydrogen) atoms. The third-order valence-corrected chi connectivity index (χ3v) is 6.80. The Morgan fingerprint density at radius 2 is 1.89 bits per heavy atom. The number of methoxy groups -OCH3 is 1. The maximum Gasteiger partial charge on any atom is 0.287 e. The first-order chi connectivity index (χ1) is 17.5. The van der Waals surface area contributed by atoms with Crippen molar-refractivity contribution in [2.24, 2.45) is 5.92 Å². The first-order valence-electron chi connectivity index (χ1n) is 12.6. The van der Waals surface area contributed by atoms with E-state index in [9.17, 15) is 4.79 Å². The number of nitrogens with one attached hydrogen (secondary N) is 1. The van der Waals surface area contributed by atoms with E-state index in [4.69, 9.17) is 9.15 Å². The van der Waals surface area contributed by atoms with Gasteiger partial charge in [0.1, 0.15) is 11.6 Å². The summed E-state index contributed by atoms with van der Waals surface area (Å²) in [7, 11) is 1.72. The summed E-state index contributed by atoms with van der Waals surface area (Å²) in [5.74, 6) is 3.13. The lowest BCUT2D eigenvalue weighted by Crippen LogP contribution is -2.32. The number of nitrogens with zero attached hydrogens (tertiary/aromatic N) is 4. The van der Waals surface area contributed by atoms with Crippen LogP contribution in [0.5, 0.6) is 5.75 Å². The van der Waals surface area contributed by atoms with Crippen LogP contribution >= 0.6 is 0 Å². The highest BCUT2D eigenvalue weighted by Crippen LogP contribution is 2.29. The van der Waals surface area contributed by atoms with Gasteiger partial charge in [-0.2, -0.15) is 0 Å². The highest BCUT2D eigenvalue weighted by molar-refractivity contribution is 5.92. The number of ether oxygens (including phenoxy) is 1. The average Bonchev–Trinajstić information content (AvgIpc) is 3.52. The summed E-state index contributed by atoms with van der Waals surface area (Å²) in [6.07, 6.45) is 3.09. The summed E-state index contributed by atoms with van der Waals surface area (Å²) in [5.41, 5.74) is 1.28. The van der Waals surface area contributed by atoms with Gasteiger partial charge < -0.3 is 19.0 Å². The molecule has 2 aromatic carbocycles. The van der Waals surface area contributed by atoms with Crippen LogP contribution < -0.4 is 10.1 Å². The lowest BCUT2D eigenvalue weighted by molar-refractivity contribution is 0.0900. The highest BCUT2D eigenvalue weighted by atomic mass is 16.5. The summed E-state index contributed by atoms with van der Waals surface area (Å²) in [6.45, 7) is 7.68. The van der Waals surface area contributed by atoms with Crippen LogP contribution in [0.15, 0.2) is 59.2 Å². The minimum Gasteiger partial charge on any atom is -0.496 e. The Morgan fingerprint density at radius 3 is 2.64 bits per heavy atom. The number of amides is 1. The monoisotopic (exact) mass is 487 g/mol. The van der Waals surface area contributed by atoms with Crippen molar-refractivity contribution in [3.63, 3.8) is 0 Å². The zero-order valence-electron chi connectivity index (χ0n) is 21.1. The summed E-state index contributed by atoms with van der Waals surface area (Å²) >= 11 is 0. The lowest BCUT2D eigenvalue weighted by atomic mass is 10.0. The van der Waals surface area contributed by atoms with Crippen LogP contribution in [0.3, 0.4) is 0 Å². The molecule has 2 aromatic heterocycles. The predicted octanol–water partition coefficient (Wildman–Crippen LogP) is 4.61. The first kappa shape index (κ1) is 24.1. The number of benzene rings is 2. The fourth-order valence-electron chi connectivity index (χ4n) is 5.03. The molecule has 0 saturated carbocycles. The van der Waals surface area contributed by atoms with Gasteiger partial charge in [-0.15, -0.1) is 10.2 Å². The van der Waals surface area contributed by atoms with Gasteiger partial charge in [0.05, 0.1) is 19.4 Å². The van der Waals surface area contributed by atoms with Crippen LogP contribution in [-0.4, -0.2) is 45.8 Å². The van der Waals surface area contributed by atoms with E-state index in [1.54, 1.807) is 19.2 Å². The van der Waals surface area contributed by atoms with Crippen LogP contribution in [0, 0.1) is 5.92 Å². The van der Waals surface area contributed by atoms with Crippen molar-refractivity contribution in [2.75, 3.05) is 20.2 Å². The number of carbonyl (C=O) groups is 1. The Bertz CT molecular complexity index is 1330. The number of aromatic nitrogens is 3. The second-order valence-corrected chi connectivity index (χ2v) is 9.76. The Balaban J connectivity index is 1.34. The van der Waals surface area contributed by atoms with Gasteiger partial charge in [-0.05, 0) is 41.5 Å². The molecule has 0 saturated heterocycles. The summed E-state index contributed by atoms with van der Waals surface area (Å²) < 4.78 is 13.1. The van der Waals surface area contributed by atoms with Gasteiger partial charge in [-0.25, -0.2) is 0 Å². The van der Waals surface area contributed by atoms with Gasteiger partial charge in [-0.3, -0.25) is 9.69 Å². The number of carbonyl (C=O) groups excluding carboxylic acids is 1.